The lowest BCUT2D eigenvalue weighted by molar-refractivity contribution is 0.0696. The Kier molecular flexibility index (Phi) is 5.93. The fourth-order valence-electron chi connectivity index (χ4n) is 2.99. The van der Waals surface area contributed by atoms with Crippen molar-refractivity contribution in [2.24, 2.45) is 5.10 Å². The van der Waals surface area contributed by atoms with E-state index in [1.54, 1.807) is 42.6 Å². The molecule has 1 aromatic heterocycles. The minimum absolute atomic E-state index is 0.222. The first kappa shape index (κ1) is 19.8. The van der Waals surface area contributed by atoms with Crippen molar-refractivity contribution in [2.75, 3.05) is 0 Å². The van der Waals surface area contributed by atoms with Crippen molar-refractivity contribution in [3.05, 3.63) is 86.2 Å². The maximum absolute atomic E-state index is 12.2. The van der Waals surface area contributed by atoms with E-state index in [0.29, 0.717) is 11.3 Å². The molecule has 0 atom stereocenters. The highest BCUT2D eigenvalue weighted by Crippen LogP contribution is 2.23. The number of hydrogen-bond donors (Lipinski definition) is 2. The monoisotopic (exact) mass is 487 g/mol. The molecule has 3 rings (SSSR count). The molecule has 0 saturated heterocycles. The zero-order chi connectivity index (χ0) is 20.3. The number of rotatable bonds is 5. The van der Waals surface area contributed by atoms with Crippen molar-refractivity contribution in [3.8, 4) is 5.69 Å². The van der Waals surface area contributed by atoms with Crippen molar-refractivity contribution in [3.63, 3.8) is 0 Å². The van der Waals surface area contributed by atoms with Gasteiger partial charge in [0.1, 0.15) is 0 Å². The number of hydrazone groups is 1. The van der Waals surface area contributed by atoms with Crippen LogP contribution in [0.3, 0.4) is 0 Å². The third kappa shape index (κ3) is 4.14. The molecule has 1 heterocycles. The minimum atomic E-state index is -0.983. The Labute approximate surface area is 176 Å². The minimum Gasteiger partial charge on any atom is -0.478 e. The van der Waals surface area contributed by atoms with Crippen molar-refractivity contribution >= 4 is 40.7 Å². The van der Waals surface area contributed by atoms with Gasteiger partial charge in [-0.15, -0.1) is 0 Å². The van der Waals surface area contributed by atoms with Crippen LogP contribution in [-0.2, 0) is 0 Å². The second-order valence-corrected chi connectivity index (χ2v) is 7.44. The van der Waals surface area contributed by atoms with Crippen molar-refractivity contribution in [1.29, 1.82) is 0 Å². The van der Waals surface area contributed by atoms with Gasteiger partial charge in [-0.25, -0.2) is 10.2 Å². The normalized spacial score (nSPS) is 11.0. The molecular weight excluding hydrogens is 469 g/mol. The number of carboxylic acid groups (broad SMARTS) is 1. The predicted molar refractivity (Wildman–Crippen MR) is 116 cm³/mol. The summed E-state index contributed by atoms with van der Waals surface area (Å²) in [5.41, 5.74) is 6.36. The summed E-state index contributed by atoms with van der Waals surface area (Å²) in [6.07, 6.45) is 1.56. The summed E-state index contributed by atoms with van der Waals surface area (Å²) in [6.45, 7) is 3.78. The lowest BCUT2D eigenvalue weighted by Gasteiger charge is -2.12. The number of amides is 1. The standard InChI is InChI=1S/C21H18IN3O3/c1-13-10-16(12-23-24-20(26)15-6-5-7-17(22)11-15)14(2)25(13)19-9-4-3-8-18(19)21(27)28/h3-12H,1-2H3,(H,24,26)(H,27,28)/b23-12-. The van der Waals surface area contributed by atoms with Gasteiger partial charge in [-0.3, -0.25) is 4.79 Å². The number of para-hydroxylation sites is 1. The SMILES string of the molecule is Cc1cc(/C=N\NC(=O)c2cccc(I)c2)c(C)n1-c1ccccc1C(=O)O. The molecule has 6 nitrogen and oxygen atoms in total. The topological polar surface area (TPSA) is 83.7 Å². The number of aryl methyl sites for hydroxylation is 1. The van der Waals surface area contributed by atoms with Gasteiger partial charge in [0.25, 0.3) is 5.91 Å². The van der Waals surface area contributed by atoms with Crippen LogP contribution in [0.5, 0.6) is 0 Å². The largest absolute Gasteiger partial charge is 0.478 e. The fourth-order valence-corrected chi connectivity index (χ4v) is 3.54. The molecule has 0 spiro atoms. The van der Waals surface area contributed by atoms with Crippen molar-refractivity contribution < 1.29 is 14.7 Å². The zero-order valence-electron chi connectivity index (χ0n) is 15.3. The lowest BCUT2D eigenvalue weighted by atomic mass is 10.1. The Bertz CT molecular complexity index is 1090. The van der Waals surface area contributed by atoms with Gasteiger partial charge in [0, 0.05) is 26.1 Å². The summed E-state index contributed by atoms with van der Waals surface area (Å²) in [5.74, 6) is -1.28. The first-order valence-corrected chi connectivity index (χ1v) is 9.57. The second-order valence-electron chi connectivity index (χ2n) is 6.19. The molecule has 0 aliphatic heterocycles. The van der Waals surface area contributed by atoms with E-state index >= 15 is 0 Å². The first-order valence-electron chi connectivity index (χ1n) is 8.49. The van der Waals surface area contributed by atoms with Crippen LogP contribution < -0.4 is 5.43 Å². The van der Waals surface area contributed by atoms with Gasteiger partial charge in [-0.1, -0.05) is 18.2 Å². The number of benzene rings is 2. The van der Waals surface area contributed by atoms with Crippen LogP contribution >= 0.6 is 22.6 Å². The van der Waals surface area contributed by atoms with E-state index in [9.17, 15) is 14.7 Å². The van der Waals surface area contributed by atoms with Crippen LogP contribution in [-0.4, -0.2) is 27.8 Å². The van der Waals surface area contributed by atoms with E-state index in [4.69, 9.17) is 0 Å². The lowest BCUT2D eigenvalue weighted by Crippen LogP contribution is -2.17. The van der Waals surface area contributed by atoms with Crippen LogP contribution in [0.2, 0.25) is 0 Å². The summed E-state index contributed by atoms with van der Waals surface area (Å²) in [7, 11) is 0. The van der Waals surface area contributed by atoms with Gasteiger partial charge in [0.2, 0.25) is 0 Å². The van der Waals surface area contributed by atoms with E-state index in [1.165, 1.54) is 0 Å². The van der Waals surface area contributed by atoms with Gasteiger partial charge in [0.05, 0.1) is 17.5 Å². The van der Waals surface area contributed by atoms with Gasteiger partial charge in [0.15, 0.2) is 0 Å². The molecule has 2 aromatic carbocycles. The number of nitrogens with zero attached hydrogens (tertiary/aromatic N) is 2. The van der Waals surface area contributed by atoms with Crippen LogP contribution in [0.25, 0.3) is 5.69 Å². The smallest absolute Gasteiger partial charge is 0.337 e. The Morgan fingerprint density at radius 3 is 2.57 bits per heavy atom. The number of carbonyl (C=O) groups excluding carboxylic acids is 1. The van der Waals surface area contributed by atoms with E-state index in [-0.39, 0.29) is 11.5 Å². The average Bonchev–Trinajstić information content (AvgIpc) is 2.95. The van der Waals surface area contributed by atoms with E-state index in [1.807, 2.05) is 36.6 Å². The second kappa shape index (κ2) is 8.39. The highest BCUT2D eigenvalue weighted by Gasteiger charge is 2.16. The number of nitrogens with one attached hydrogen (secondary N) is 1. The molecule has 0 fully saturated rings. The Balaban J connectivity index is 1.86. The summed E-state index contributed by atoms with van der Waals surface area (Å²) in [5, 5.41) is 13.5. The summed E-state index contributed by atoms with van der Waals surface area (Å²) < 4.78 is 2.83. The molecule has 0 aliphatic carbocycles. The maximum Gasteiger partial charge on any atom is 0.337 e. The van der Waals surface area contributed by atoms with E-state index in [2.05, 4.69) is 33.1 Å². The van der Waals surface area contributed by atoms with Crippen LogP contribution in [0.4, 0.5) is 0 Å². The third-order valence-corrected chi connectivity index (χ3v) is 4.97. The Morgan fingerprint density at radius 1 is 1.11 bits per heavy atom. The quantitative estimate of drug-likeness (QED) is 0.322. The first-order chi connectivity index (χ1) is 13.4. The molecule has 0 unspecified atom stereocenters. The molecule has 1 amide bonds. The molecule has 7 heteroatoms. The third-order valence-electron chi connectivity index (χ3n) is 4.30. The summed E-state index contributed by atoms with van der Waals surface area (Å²) in [6, 6.07) is 16.0. The van der Waals surface area contributed by atoms with Crippen molar-refractivity contribution in [1.82, 2.24) is 9.99 Å². The number of halogens is 1. The molecule has 3 aromatic rings. The number of aromatic nitrogens is 1. The van der Waals surface area contributed by atoms with Crippen LogP contribution in [0.15, 0.2) is 59.7 Å². The van der Waals surface area contributed by atoms with Gasteiger partial charge in [-0.05, 0) is 72.8 Å². The number of hydrogen-bond acceptors (Lipinski definition) is 3. The zero-order valence-corrected chi connectivity index (χ0v) is 17.5. The Morgan fingerprint density at radius 2 is 1.86 bits per heavy atom. The molecule has 0 aliphatic rings. The molecule has 0 radical (unpaired) electrons. The number of carboxylic acids is 1. The highest BCUT2D eigenvalue weighted by molar-refractivity contribution is 14.1. The van der Waals surface area contributed by atoms with Crippen LogP contribution in [0, 0.1) is 17.4 Å². The van der Waals surface area contributed by atoms with Gasteiger partial charge >= 0.3 is 5.97 Å². The molecular formula is C21H18IN3O3. The molecule has 0 saturated carbocycles. The number of aromatic carboxylic acids is 1. The van der Waals surface area contributed by atoms with Crippen LogP contribution in [0.1, 0.15) is 37.7 Å². The fraction of sp³-hybridized carbons (Fsp3) is 0.0952. The van der Waals surface area contributed by atoms with Crippen molar-refractivity contribution in [2.45, 2.75) is 13.8 Å². The van der Waals surface area contributed by atoms with E-state index in [0.717, 1.165) is 20.5 Å². The van der Waals surface area contributed by atoms with Gasteiger partial charge < -0.3 is 9.67 Å². The molecule has 2 N–H and O–H groups in total. The van der Waals surface area contributed by atoms with Gasteiger partial charge in [-0.2, -0.15) is 5.10 Å². The highest BCUT2D eigenvalue weighted by atomic mass is 127. The average molecular weight is 487 g/mol. The summed E-state index contributed by atoms with van der Waals surface area (Å²) >= 11 is 2.15. The molecule has 0 bridgehead atoms. The maximum atomic E-state index is 12.2. The molecule has 28 heavy (non-hydrogen) atoms. The predicted octanol–water partition coefficient (Wildman–Crippen LogP) is 4.16. The summed E-state index contributed by atoms with van der Waals surface area (Å²) in [4.78, 5) is 23.7. The Hall–Kier alpha value is -2.94. The molecule has 142 valence electrons. The number of carbonyl (C=O) groups is 2. The van der Waals surface area contributed by atoms with E-state index < -0.39 is 5.97 Å².